The predicted molar refractivity (Wildman–Crippen MR) is 96.6 cm³/mol. The molecule has 2 aliphatic heterocycles. The lowest BCUT2D eigenvalue weighted by molar-refractivity contribution is -0.536. The summed E-state index contributed by atoms with van der Waals surface area (Å²) in [4.78, 5) is 0. The summed E-state index contributed by atoms with van der Waals surface area (Å²) < 4.78 is 23.0. The molecule has 0 bridgehead atoms. The molecule has 0 amide bonds. The lowest BCUT2D eigenvalue weighted by Crippen LogP contribution is -2.84. The number of aliphatic hydroxyl groups is 6. The molecule has 1 aliphatic carbocycles. The van der Waals surface area contributed by atoms with Gasteiger partial charge in [0.1, 0.15) is 73.6 Å². The first kappa shape index (κ1) is 25.1. The highest BCUT2D eigenvalue weighted by atomic mass is 16.7. The summed E-state index contributed by atoms with van der Waals surface area (Å²) in [7, 11) is 0. The largest absolute Gasteiger partial charge is 0.394 e. The van der Waals surface area contributed by atoms with Gasteiger partial charge in [0, 0.05) is 0 Å². The van der Waals surface area contributed by atoms with Crippen molar-refractivity contribution in [1.82, 2.24) is 0 Å². The van der Waals surface area contributed by atoms with Crippen LogP contribution in [0.4, 0.5) is 0 Å². The molecule has 2 heterocycles. The molecule has 2 saturated heterocycles. The summed E-state index contributed by atoms with van der Waals surface area (Å²) in [5.41, 5.74) is 15.5. The predicted octanol–water partition coefficient (Wildman–Crippen LogP) is -9.52. The van der Waals surface area contributed by atoms with Gasteiger partial charge >= 0.3 is 0 Å². The van der Waals surface area contributed by atoms with Gasteiger partial charge in [-0.15, -0.1) is 0 Å². The van der Waals surface area contributed by atoms with Crippen LogP contribution in [0.1, 0.15) is 6.42 Å². The van der Waals surface area contributed by atoms with Crippen molar-refractivity contribution in [3.63, 3.8) is 0 Å². The minimum absolute atomic E-state index is 0.190. The molecular formula is C17H38N4O10+4. The Morgan fingerprint density at radius 1 is 0.710 bits per heavy atom. The van der Waals surface area contributed by atoms with Crippen LogP contribution in [0.3, 0.4) is 0 Å². The van der Waals surface area contributed by atoms with E-state index in [2.05, 4.69) is 22.9 Å². The van der Waals surface area contributed by atoms with Crippen LogP contribution in [-0.4, -0.2) is 129 Å². The number of hydrogen-bond donors (Lipinski definition) is 10. The van der Waals surface area contributed by atoms with Crippen LogP contribution >= 0.6 is 0 Å². The summed E-state index contributed by atoms with van der Waals surface area (Å²) in [5, 5.41) is 60.7. The molecule has 18 N–H and O–H groups in total. The van der Waals surface area contributed by atoms with E-state index in [1.165, 1.54) is 0 Å². The van der Waals surface area contributed by atoms with Gasteiger partial charge in [0.15, 0.2) is 12.3 Å². The molecule has 3 fully saturated rings. The highest BCUT2D eigenvalue weighted by Gasteiger charge is 2.54. The van der Waals surface area contributed by atoms with Gasteiger partial charge < -0.3 is 72.5 Å². The van der Waals surface area contributed by atoms with Crippen molar-refractivity contribution >= 4 is 0 Å². The van der Waals surface area contributed by atoms with Crippen LogP contribution in [0.25, 0.3) is 0 Å². The molecule has 14 atom stereocenters. The van der Waals surface area contributed by atoms with Gasteiger partial charge in [-0.05, 0) is 0 Å². The smallest absolute Gasteiger partial charge is 0.214 e. The van der Waals surface area contributed by atoms with E-state index in [1.807, 2.05) is 0 Å². The Morgan fingerprint density at radius 2 is 1.29 bits per heavy atom. The van der Waals surface area contributed by atoms with E-state index in [9.17, 15) is 30.6 Å². The second kappa shape index (κ2) is 10.1. The van der Waals surface area contributed by atoms with Crippen LogP contribution in [0, 0.1) is 0 Å². The number of hydrogen-bond acceptors (Lipinski definition) is 10. The average molecular weight is 459 g/mol. The minimum atomic E-state index is -1.45. The second-order valence-electron chi connectivity index (χ2n) is 8.63. The Bertz CT molecular complexity index is 591. The van der Waals surface area contributed by atoms with Gasteiger partial charge in [0.25, 0.3) is 0 Å². The SMILES string of the molecule is [NH3+]C[C@H]1O[C@H](O[C@H]2[C@H](O[C@@H]3O[C@H](CO)[C@H](O)[C@H]3O)[C@@H](O)[C@H]([NH3+])C[C@@H]2[NH3+])[C@H]([NH3+])[C@@H](O)[C@@H]1O. The summed E-state index contributed by atoms with van der Waals surface area (Å²) in [6.07, 6.45) is -12.0. The van der Waals surface area contributed by atoms with Crippen molar-refractivity contribution in [3.8, 4) is 0 Å². The number of aliphatic hydroxyl groups excluding tert-OH is 6. The topological polar surface area (TPSA) is 269 Å². The summed E-state index contributed by atoms with van der Waals surface area (Å²) >= 11 is 0. The molecule has 182 valence electrons. The Labute approximate surface area is 178 Å². The van der Waals surface area contributed by atoms with Crippen LogP contribution < -0.4 is 22.9 Å². The van der Waals surface area contributed by atoms with E-state index in [-0.39, 0.29) is 6.54 Å². The molecule has 31 heavy (non-hydrogen) atoms. The first-order chi connectivity index (χ1) is 14.6. The summed E-state index contributed by atoms with van der Waals surface area (Å²) in [5.74, 6) is 0. The van der Waals surface area contributed by atoms with E-state index < -0.39 is 92.2 Å². The molecule has 14 heteroatoms. The van der Waals surface area contributed by atoms with E-state index in [4.69, 9.17) is 18.9 Å². The molecule has 0 radical (unpaired) electrons. The molecule has 3 aliphatic rings. The monoisotopic (exact) mass is 458 g/mol. The third-order valence-corrected chi connectivity index (χ3v) is 6.41. The molecule has 0 aromatic rings. The standard InChI is InChI=1S/C17H34N4O10/c18-2-6-10(24)12(26)8(21)16(28-6)30-14-5(20)1-4(19)9(23)15(14)31-17-13(27)11(25)7(3-22)29-17/h4-17,22-27H,1-3,18-21H2/p+4/t4-,5+,6-,7-,8-,9+,10-,11+,12-,13-,14-,15-,16-,17+/m1/s1. The molecule has 14 nitrogen and oxygen atoms in total. The molecule has 0 aromatic carbocycles. The molecule has 0 aromatic heterocycles. The van der Waals surface area contributed by atoms with Crippen molar-refractivity contribution in [2.24, 2.45) is 0 Å². The maximum atomic E-state index is 10.7. The lowest BCUT2D eigenvalue weighted by atomic mass is 9.84. The maximum absolute atomic E-state index is 10.7. The first-order valence-corrected chi connectivity index (χ1v) is 10.5. The van der Waals surface area contributed by atoms with E-state index >= 15 is 0 Å². The minimum Gasteiger partial charge on any atom is -0.394 e. The molecule has 0 unspecified atom stereocenters. The van der Waals surface area contributed by atoms with Crippen molar-refractivity contribution in [3.05, 3.63) is 0 Å². The number of ether oxygens (including phenoxy) is 4. The van der Waals surface area contributed by atoms with E-state index in [0.29, 0.717) is 6.42 Å². The molecule has 3 rings (SSSR count). The second-order valence-corrected chi connectivity index (χ2v) is 8.63. The van der Waals surface area contributed by atoms with Gasteiger partial charge in [-0.2, -0.15) is 0 Å². The van der Waals surface area contributed by atoms with Gasteiger partial charge in [0.2, 0.25) is 6.29 Å². The third-order valence-electron chi connectivity index (χ3n) is 6.41. The van der Waals surface area contributed by atoms with Crippen molar-refractivity contribution in [2.75, 3.05) is 13.2 Å². The zero-order chi connectivity index (χ0) is 23.0. The Kier molecular flexibility index (Phi) is 8.21. The maximum Gasteiger partial charge on any atom is 0.214 e. The van der Waals surface area contributed by atoms with Gasteiger partial charge in [-0.25, -0.2) is 0 Å². The van der Waals surface area contributed by atoms with Crippen LogP contribution in [0.5, 0.6) is 0 Å². The van der Waals surface area contributed by atoms with Crippen LogP contribution in [0.2, 0.25) is 0 Å². The fourth-order valence-corrected chi connectivity index (χ4v) is 4.39. The van der Waals surface area contributed by atoms with E-state index in [0.717, 1.165) is 0 Å². The van der Waals surface area contributed by atoms with Crippen molar-refractivity contribution in [2.45, 2.75) is 92.1 Å². The quantitative estimate of drug-likeness (QED) is 0.179. The molecular weight excluding hydrogens is 420 g/mol. The normalized spacial score (nSPS) is 53.6. The Balaban J connectivity index is 1.78. The van der Waals surface area contributed by atoms with Crippen LogP contribution in [-0.2, 0) is 18.9 Å². The molecule has 1 saturated carbocycles. The zero-order valence-electron chi connectivity index (χ0n) is 17.3. The Morgan fingerprint density at radius 3 is 1.87 bits per heavy atom. The molecule has 0 spiro atoms. The van der Waals surface area contributed by atoms with Crippen molar-refractivity contribution in [1.29, 1.82) is 0 Å². The van der Waals surface area contributed by atoms with Gasteiger partial charge in [-0.3, -0.25) is 0 Å². The summed E-state index contributed by atoms with van der Waals surface area (Å²) in [6, 6.07) is -1.70. The number of rotatable bonds is 6. The first-order valence-electron chi connectivity index (χ1n) is 10.5. The van der Waals surface area contributed by atoms with E-state index in [1.54, 1.807) is 0 Å². The fourth-order valence-electron chi connectivity index (χ4n) is 4.39. The summed E-state index contributed by atoms with van der Waals surface area (Å²) in [6.45, 7) is -0.331. The fraction of sp³-hybridized carbons (Fsp3) is 1.00. The highest BCUT2D eigenvalue weighted by Crippen LogP contribution is 2.31. The van der Waals surface area contributed by atoms with Gasteiger partial charge in [-0.1, -0.05) is 0 Å². The lowest BCUT2D eigenvalue weighted by Gasteiger charge is -2.44. The van der Waals surface area contributed by atoms with Gasteiger partial charge in [0.05, 0.1) is 13.0 Å². The Hall–Kier alpha value is -0.560. The van der Waals surface area contributed by atoms with Crippen molar-refractivity contribution < 1.29 is 72.5 Å². The van der Waals surface area contributed by atoms with Crippen LogP contribution in [0.15, 0.2) is 0 Å². The highest BCUT2D eigenvalue weighted by molar-refractivity contribution is 4.97. The zero-order valence-corrected chi connectivity index (χ0v) is 17.3. The average Bonchev–Trinajstić information content (AvgIpc) is 3.02. The third kappa shape index (κ3) is 4.87. The number of quaternary nitrogens is 4.